The van der Waals surface area contributed by atoms with Crippen LogP contribution in [0.4, 0.5) is 0 Å². The van der Waals surface area contributed by atoms with Crippen LogP contribution in [0, 0.1) is 0 Å². The largest absolute Gasteiger partial charge is 0.469 e. The summed E-state index contributed by atoms with van der Waals surface area (Å²) in [6, 6.07) is 7.89. The topological polar surface area (TPSA) is 42.1 Å². The Balaban J connectivity index is 0.00000112. The summed E-state index contributed by atoms with van der Waals surface area (Å²) in [5, 5.41) is 1.08. The molecule has 2 aromatic rings. The molecule has 0 spiro atoms. The zero-order valence-electron chi connectivity index (χ0n) is 7.91. The number of esters is 1. The van der Waals surface area contributed by atoms with Crippen molar-refractivity contribution in [3.8, 4) is 0 Å². The third kappa shape index (κ3) is 1.48. The van der Waals surface area contributed by atoms with Gasteiger partial charge in [0.25, 0.3) is 0 Å². The number of methoxy groups -OCH3 is 1. The number of carbonyl (C=O) groups is 1. The molecule has 0 saturated carbocycles. The summed E-state index contributed by atoms with van der Waals surface area (Å²) in [7, 11) is 1.40. The third-order valence-corrected chi connectivity index (χ3v) is 2.24. The van der Waals surface area contributed by atoms with Gasteiger partial charge in [0, 0.05) is 18.5 Å². The van der Waals surface area contributed by atoms with E-state index in [1.165, 1.54) is 7.11 Å². The third-order valence-electron chi connectivity index (χ3n) is 2.24. The van der Waals surface area contributed by atoms with Gasteiger partial charge in [0.05, 0.1) is 13.5 Å². The number of fused-ring (bicyclic) bond motifs is 1. The Bertz CT molecular complexity index is 464. The molecule has 1 aromatic carbocycles. The molecule has 0 atom stereocenters. The van der Waals surface area contributed by atoms with E-state index in [9.17, 15) is 4.79 Å². The van der Waals surface area contributed by atoms with Crippen molar-refractivity contribution in [3.05, 3.63) is 36.0 Å². The lowest BCUT2D eigenvalue weighted by molar-refractivity contribution is -0.139. The van der Waals surface area contributed by atoms with Gasteiger partial charge in [-0.3, -0.25) is 4.79 Å². The molecule has 1 N–H and O–H groups in total. The average molecular weight is 191 g/mol. The van der Waals surface area contributed by atoms with Crippen LogP contribution in [-0.2, 0) is 16.0 Å². The molecule has 0 unspecified atom stereocenters. The van der Waals surface area contributed by atoms with Gasteiger partial charge in [-0.15, -0.1) is 0 Å². The maximum absolute atomic E-state index is 11.1. The minimum atomic E-state index is -0.213. The lowest BCUT2D eigenvalue weighted by Crippen LogP contribution is -2.03. The Morgan fingerprint density at radius 1 is 1.50 bits per heavy atom. The van der Waals surface area contributed by atoms with Crippen molar-refractivity contribution in [2.24, 2.45) is 0 Å². The lowest BCUT2D eigenvalue weighted by atomic mass is 10.1. The minimum Gasteiger partial charge on any atom is -0.469 e. The molecule has 2 rings (SSSR count). The van der Waals surface area contributed by atoms with Crippen LogP contribution in [0.1, 0.15) is 6.99 Å². The summed E-state index contributed by atoms with van der Waals surface area (Å²) in [6.45, 7) is 0. The number of H-pyrrole nitrogens is 1. The molecule has 0 amide bonds. The second-order valence-corrected chi connectivity index (χ2v) is 3.11. The lowest BCUT2D eigenvalue weighted by Gasteiger charge is -1.97. The predicted octanol–water partition coefficient (Wildman–Crippen LogP) is 2.13. The van der Waals surface area contributed by atoms with E-state index >= 15 is 0 Å². The van der Waals surface area contributed by atoms with Crippen LogP contribution in [0.25, 0.3) is 10.9 Å². The van der Waals surface area contributed by atoms with Gasteiger partial charge >= 0.3 is 5.97 Å². The number of nitrogens with one attached hydrogen (secondary N) is 1. The second kappa shape index (κ2) is 3.54. The summed E-state index contributed by atoms with van der Waals surface area (Å²) in [5.41, 5.74) is 2.03. The fourth-order valence-electron chi connectivity index (χ4n) is 1.51. The molecule has 1 heterocycles. The first-order valence-electron chi connectivity index (χ1n) is 4.43. The van der Waals surface area contributed by atoms with Crippen molar-refractivity contribution in [2.75, 3.05) is 7.11 Å². The first-order chi connectivity index (χ1) is 6.81. The minimum absolute atomic E-state index is 0. The Hall–Kier alpha value is -1.77. The molecule has 74 valence electrons. The number of rotatable bonds is 2. The number of ether oxygens (including phenoxy) is 1. The molecular weight excluding hydrogens is 178 g/mol. The van der Waals surface area contributed by atoms with E-state index in [0.29, 0.717) is 6.42 Å². The van der Waals surface area contributed by atoms with Gasteiger partial charge in [-0.1, -0.05) is 18.2 Å². The Morgan fingerprint density at radius 2 is 2.29 bits per heavy atom. The van der Waals surface area contributed by atoms with E-state index in [1.54, 1.807) is 0 Å². The molecule has 0 aliphatic carbocycles. The van der Waals surface area contributed by atoms with Crippen molar-refractivity contribution >= 4 is 16.9 Å². The average Bonchev–Trinajstić information content (AvgIpc) is 2.62. The maximum Gasteiger partial charge on any atom is 0.310 e. The molecule has 0 fully saturated rings. The smallest absolute Gasteiger partial charge is 0.310 e. The normalized spacial score (nSPS) is 10.4. The molecule has 0 saturated heterocycles. The molecule has 3 heteroatoms. The Labute approximate surface area is 83.2 Å². The highest BCUT2D eigenvalue weighted by molar-refractivity contribution is 5.87. The van der Waals surface area contributed by atoms with Gasteiger partial charge in [0.2, 0.25) is 0 Å². The van der Waals surface area contributed by atoms with Crippen molar-refractivity contribution < 1.29 is 11.0 Å². The van der Waals surface area contributed by atoms with Crippen LogP contribution in [0.3, 0.4) is 0 Å². The Kier molecular flexibility index (Phi) is 2.23. The van der Waals surface area contributed by atoms with E-state index in [2.05, 4.69) is 9.72 Å². The van der Waals surface area contributed by atoms with E-state index in [-0.39, 0.29) is 7.40 Å². The van der Waals surface area contributed by atoms with Gasteiger partial charge in [-0.2, -0.15) is 0 Å². The molecule has 3 nitrogen and oxygen atoms in total. The molecule has 0 aliphatic rings. The number of carbonyl (C=O) groups excluding carboxylic acids is 1. The molecule has 0 radical (unpaired) electrons. The van der Waals surface area contributed by atoms with Gasteiger partial charge in [0.1, 0.15) is 0 Å². The van der Waals surface area contributed by atoms with Crippen LogP contribution in [-0.4, -0.2) is 18.1 Å². The van der Waals surface area contributed by atoms with Crippen LogP contribution in [0.2, 0.25) is 0 Å². The monoisotopic (exact) mass is 191 g/mol. The summed E-state index contributed by atoms with van der Waals surface area (Å²) in [5.74, 6) is -0.213. The first kappa shape index (κ1) is 8.81. The van der Waals surface area contributed by atoms with Crippen molar-refractivity contribution in [3.63, 3.8) is 0 Å². The Morgan fingerprint density at radius 3 is 3.07 bits per heavy atom. The summed E-state index contributed by atoms with van der Waals surface area (Å²) in [4.78, 5) is 14.2. The number of aromatic amines is 1. The molecule has 14 heavy (non-hydrogen) atoms. The van der Waals surface area contributed by atoms with Crippen LogP contribution < -0.4 is 0 Å². The number of hydrogen-bond donors (Lipinski definition) is 1. The van der Waals surface area contributed by atoms with E-state index in [1.807, 2.05) is 30.5 Å². The van der Waals surface area contributed by atoms with Crippen LogP contribution in [0.5, 0.6) is 0 Å². The highest BCUT2D eigenvalue weighted by Gasteiger charge is 2.07. The number of aromatic nitrogens is 1. The zero-order chi connectivity index (χ0) is 9.97. The fourth-order valence-corrected chi connectivity index (χ4v) is 1.51. The molecule has 1 aromatic heterocycles. The quantitative estimate of drug-likeness (QED) is 0.739. The highest BCUT2D eigenvalue weighted by atomic mass is 16.5. The van der Waals surface area contributed by atoms with Gasteiger partial charge in [-0.05, 0) is 11.6 Å². The van der Waals surface area contributed by atoms with E-state index in [0.717, 1.165) is 16.5 Å². The van der Waals surface area contributed by atoms with Crippen LogP contribution >= 0.6 is 0 Å². The van der Waals surface area contributed by atoms with Gasteiger partial charge < -0.3 is 9.72 Å². The standard InChI is InChI=1S/C11H11NO2.H2/c1-14-11(13)6-8-7-12-10-5-3-2-4-9(8)10;/h2-5,7,12H,6H2,1H3;1H. The SMILES string of the molecule is COC(=O)Cc1c[nH]c2ccccc12.[HH]. The molecule has 0 aliphatic heterocycles. The van der Waals surface area contributed by atoms with Crippen molar-refractivity contribution in [1.82, 2.24) is 4.98 Å². The van der Waals surface area contributed by atoms with E-state index in [4.69, 9.17) is 0 Å². The predicted molar refractivity (Wildman–Crippen MR) is 56.1 cm³/mol. The second-order valence-electron chi connectivity index (χ2n) is 3.11. The highest BCUT2D eigenvalue weighted by Crippen LogP contribution is 2.18. The summed E-state index contributed by atoms with van der Waals surface area (Å²) >= 11 is 0. The fraction of sp³-hybridized carbons (Fsp3) is 0.182. The summed E-state index contributed by atoms with van der Waals surface area (Å²) in [6.07, 6.45) is 2.17. The number of hydrogen-bond acceptors (Lipinski definition) is 2. The molecular formula is C11H13NO2. The number of para-hydroxylation sites is 1. The maximum atomic E-state index is 11.1. The first-order valence-corrected chi connectivity index (χ1v) is 4.43. The van der Waals surface area contributed by atoms with Crippen molar-refractivity contribution in [2.45, 2.75) is 6.42 Å². The van der Waals surface area contributed by atoms with E-state index < -0.39 is 0 Å². The van der Waals surface area contributed by atoms with Gasteiger partial charge in [0.15, 0.2) is 0 Å². The zero-order valence-corrected chi connectivity index (χ0v) is 7.91. The molecule has 0 bridgehead atoms. The summed E-state index contributed by atoms with van der Waals surface area (Å²) < 4.78 is 4.62. The van der Waals surface area contributed by atoms with Crippen LogP contribution in [0.15, 0.2) is 30.5 Å². The number of benzene rings is 1. The van der Waals surface area contributed by atoms with Gasteiger partial charge in [-0.25, -0.2) is 0 Å². The van der Waals surface area contributed by atoms with Crippen molar-refractivity contribution in [1.29, 1.82) is 0 Å².